The summed E-state index contributed by atoms with van der Waals surface area (Å²) in [5.74, 6) is -1.41. The van der Waals surface area contributed by atoms with Crippen molar-refractivity contribution >= 4 is 17.3 Å². The van der Waals surface area contributed by atoms with Crippen molar-refractivity contribution in [2.24, 2.45) is 0 Å². The summed E-state index contributed by atoms with van der Waals surface area (Å²) in [5.41, 5.74) is -4.28. The third-order valence-electron chi connectivity index (χ3n) is 4.06. The Balaban J connectivity index is 2.14. The van der Waals surface area contributed by atoms with Gasteiger partial charge < -0.3 is 10.4 Å². The number of alkyl halides is 3. The van der Waals surface area contributed by atoms with Crippen molar-refractivity contribution in [2.75, 3.05) is 5.32 Å². The molecule has 0 saturated carbocycles. The van der Waals surface area contributed by atoms with Gasteiger partial charge in [-0.05, 0) is 49.6 Å². The van der Waals surface area contributed by atoms with Crippen molar-refractivity contribution in [1.82, 2.24) is 0 Å². The molecule has 0 bridgehead atoms. The fourth-order valence-corrected chi connectivity index (χ4v) is 2.42. The van der Waals surface area contributed by atoms with Crippen LogP contribution in [0.2, 0.25) is 0 Å². The summed E-state index contributed by atoms with van der Waals surface area (Å²) in [6, 6.07) is 7.42. The highest BCUT2D eigenvalue weighted by Crippen LogP contribution is 2.37. The second-order valence-electron chi connectivity index (χ2n) is 6.34. The van der Waals surface area contributed by atoms with E-state index in [4.69, 9.17) is 0 Å². The number of anilines is 1. The maximum atomic E-state index is 13.0. The molecule has 0 heterocycles. The molecule has 0 spiro atoms. The molecular weight excluding hydrogens is 384 g/mol. The van der Waals surface area contributed by atoms with Gasteiger partial charge in [0.1, 0.15) is 17.0 Å². The number of aryl methyl sites for hydroxylation is 1. The minimum Gasteiger partial charge on any atom is -0.380 e. The van der Waals surface area contributed by atoms with Crippen LogP contribution < -0.4 is 5.32 Å². The maximum Gasteiger partial charge on any atom is 0.423 e. The van der Waals surface area contributed by atoms with E-state index in [0.717, 1.165) is 6.07 Å². The lowest BCUT2D eigenvalue weighted by Gasteiger charge is -2.22. The molecule has 0 fully saturated rings. The molecule has 150 valence electrons. The van der Waals surface area contributed by atoms with E-state index in [1.165, 1.54) is 31.2 Å². The number of aliphatic hydroxyl groups is 1. The van der Waals surface area contributed by atoms with Crippen LogP contribution in [0.1, 0.15) is 24.5 Å². The van der Waals surface area contributed by atoms with Crippen LogP contribution in [0.4, 0.5) is 28.9 Å². The van der Waals surface area contributed by atoms with Crippen LogP contribution in [0.15, 0.2) is 42.5 Å². The molecular formula is C18H16F4N2O4. The molecule has 0 radical (unpaired) electrons. The van der Waals surface area contributed by atoms with E-state index in [-0.39, 0.29) is 18.5 Å². The fourth-order valence-electron chi connectivity index (χ4n) is 2.42. The molecule has 2 N–H and O–H groups in total. The molecule has 1 amide bonds. The van der Waals surface area contributed by atoms with Crippen LogP contribution in [0.25, 0.3) is 0 Å². The normalized spacial score (nSPS) is 13.6. The van der Waals surface area contributed by atoms with Crippen LogP contribution in [0.5, 0.6) is 0 Å². The quantitative estimate of drug-likeness (QED) is 0.434. The number of nitro benzene ring substituents is 1. The second kappa shape index (κ2) is 7.93. The summed E-state index contributed by atoms with van der Waals surface area (Å²) in [6.07, 6.45) is -4.85. The van der Waals surface area contributed by atoms with Crippen molar-refractivity contribution in [3.63, 3.8) is 0 Å². The first-order chi connectivity index (χ1) is 12.9. The van der Waals surface area contributed by atoms with E-state index in [1.54, 1.807) is 0 Å². The van der Waals surface area contributed by atoms with Crippen LogP contribution in [-0.4, -0.2) is 21.5 Å². The minimum atomic E-state index is -4.99. The first-order valence-electron chi connectivity index (χ1n) is 8.04. The summed E-state index contributed by atoms with van der Waals surface area (Å²) < 4.78 is 51.9. The van der Waals surface area contributed by atoms with E-state index in [1.807, 2.05) is 0 Å². The Kier molecular flexibility index (Phi) is 6.03. The van der Waals surface area contributed by atoms with E-state index in [9.17, 15) is 37.6 Å². The highest BCUT2D eigenvalue weighted by molar-refractivity contribution is 5.97. The lowest BCUT2D eigenvalue weighted by molar-refractivity contribution is -0.388. The van der Waals surface area contributed by atoms with Crippen molar-refractivity contribution in [3.05, 3.63) is 69.5 Å². The van der Waals surface area contributed by atoms with Crippen molar-refractivity contribution in [2.45, 2.75) is 31.5 Å². The Hall–Kier alpha value is -3.01. The molecule has 1 atom stereocenters. The number of hydrogen-bond acceptors (Lipinski definition) is 4. The Morgan fingerprint density at radius 3 is 2.32 bits per heavy atom. The van der Waals surface area contributed by atoms with Crippen molar-refractivity contribution < 1.29 is 32.4 Å². The van der Waals surface area contributed by atoms with E-state index < -0.39 is 39.7 Å². The van der Waals surface area contributed by atoms with E-state index >= 15 is 0 Å². The molecule has 28 heavy (non-hydrogen) atoms. The third-order valence-corrected chi connectivity index (χ3v) is 4.06. The lowest BCUT2D eigenvalue weighted by atomic mass is 9.95. The number of halogens is 4. The summed E-state index contributed by atoms with van der Waals surface area (Å²) in [4.78, 5) is 21.8. The number of nitrogens with one attached hydrogen (secondary N) is 1. The summed E-state index contributed by atoms with van der Waals surface area (Å²) >= 11 is 0. The van der Waals surface area contributed by atoms with Crippen molar-refractivity contribution in [3.8, 4) is 0 Å². The lowest BCUT2D eigenvalue weighted by Crippen LogP contribution is -2.40. The number of hydrogen-bond donors (Lipinski definition) is 2. The number of rotatable bonds is 6. The molecule has 0 aromatic heterocycles. The zero-order valence-corrected chi connectivity index (χ0v) is 14.6. The number of carbonyl (C=O) groups is 1. The second-order valence-corrected chi connectivity index (χ2v) is 6.34. The fraction of sp³-hybridized carbons (Fsp3) is 0.278. The van der Waals surface area contributed by atoms with Gasteiger partial charge in [-0.2, -0.15) is 13.2 Å². The predicted octanol–water partition coefficient (Wildman–Crippen LogP) is 4.08. The molecule has 0 aliphatic rings. The summed E-state index contributed by atoms with van der Waals surface area (Å²) in [7, 11) is 0. The number of amides is 1. The predicted molar refractivity (Wildman–Crippen MR) is 92.1 cm³/mol. The molecule has 0 aliphatic heterocycles. The number of carbonyl (C=O) groups excluding carboxylic acids is 1. The Bertz CT molecular complexity index is 880. The zero-order valence-electron chi connectivity index (χ0n) is 14.6. The monoisotopic (exact) mass is 400 g/mol. The SMILES string of the molecule is C[C@](O)(CCc1ccc(F)cc1)C(=O)Nc1ccc([N+](=O)[O-])c(C(F)(F)F)c1. The average Bonchev–Trinajstić information content (AvgIpc) is 2.60. The maximum absolute atomic E-state index is 13.0. The molecule has 10 heteroatoms. The molecule has 0 aliphatic carbocycles. The van der Waals surface area contributed by atoms with E-state index in [0.29, 0.717) is 17.7 Å². The van der Waals surface area contributed by atoms with Gasteiger partial charge in [-0.25, -0.2) is 4.39 Å². The Morgan fingerprint density at radius 1 is 1.18 bits per heavy atom. The minimum absolute atomic E-state index is 0.0798. The first kappa shape index (κ1) is 21.3. The van der Waals surface area contributed by atoms with Crippen LogP contribution >= 0.6 is 0 Å². The van der Waals surface area contributed by atoms with Crippen molar-refractivity contribution in [1.29, 1.82) is 0 Å². The molecule has 2 rings (SSSR count). The molecule has 2 aromatic rings. The Labute approximate surface area is 156 Å². The zero-order chi connectivity index (χ0) is 21.1. The highest BCUT2D eigenvalue weighted by Gasteiger charge is 2.39. The molecule has 0 unspecified atom stereocenters. The Morgan fingerprint density at radius 2 is 1.79 bits per heavy atom. The standard InChI is InChI=1S/C18H16F4N2O4/c1-17(26,9-8-11-2-4-12(19)5-3-11)16(25)23-13-6-7-15(24(27)28)14(10-13)18(20,21)22/h2-7,10,26H,8-9H2,1H3,(H,23,25)/t17-/m0/s1. The van der Waals surface area contributed by atoms with Crippen LogP contribution in [0, 0.1) is 15.9 Å². The topological polar surface area (TPSA) is 92.5 Å². The van der Waals surface area contributed by atoms with Gasteiger partial charge >= 0.3 is 6.18 Å². The average molecular weight is 400 g/mol. The van der Waals surface area contributed by atoms with Gasteiger partial charge in [0.05, 0.1) is 4.92 Å². The van der Waals surface area contributed by atoms with Crippen LogP contribution in [-0.2, 0) is 17.4 Å². The largest absolute Gasteiger partial charge is 0.423 e. The number of nitrogens with zero attached hydrogens (tertiary/aromatic N) is 1. The number of nitro groups is 1. The van der Waals surface area contributed by atoms with Gasteiger partial charge in [0.25, 0.3) is 11.6 Å². The van der Waals surface area contributed by atoms with Gasteiger partial charge in [0.2, 0.25) is 0 Å². The first-order valence-corrected chi connectivity index (χ1v) is 8.04. The van der Waals surface area contributed by atoms with E-state index in [2.05, 4.69) is 5.32 Å². The summed E-state index contributed by atoms with van der Waals surface area (Å²) in [5, 5.41) is 23.2. The van der Waals surface area contributed by atoms with Crippen LogP contribution in [0.3, 0.4) is 0 Å². The van der Waals surface area contributed by atoms with Gasteiger partial charge in [-0.15, -0.1) is 0 Å². The third kappa shape index (κ3) is 5.26. The molecule has 0 saturated heterocycles. The molecule has 6 nitrogen and oxygen atoms in total. The number of benzene rings is 2. The molecule has 2 aromatic carbocycles. The highest BCUT2D eigenvalue weighted by atomic mass is 19.4. The van der Waals surface area contributed by atoms with Gasteiger partial charge in [-0.1, -0.05) is 12.1 Å². The summed E-state index contributed by atoms with van der Waals surface area (Å²) in [6.45, 7) is 1.18. The smallest absolute Gasteiger partial charge is 0.380 e. The van der Waals surface area contributed by atoms with Gasteiger partial charge in [0.15, 0.2) is 0 Å². The van der Waals surface area contributed by atoms with Gasteiger partial charge in [0, 0.05) is 11.8 Å². The van der Waals surface area contributed by atoms with Gasteiger partial charge in [-0.3, -0.25) is 14.9 Å².